The van der Waals surface area contributed by atoms with Crippen molar-refractivity contribution in [1.82, 2.24) is 0 Å². The van der Waals surface area contributed by atoms with Gasteiger partial charge in [0.15, 0.2) is 0 Å². The van der Waals surface area contributed by atoms with Crippen LogP contribution in [0.2, 0.25) is 0 Å². The second-order valence-corrected chi connectivity index (χ2v) is 8.74. The zero-order valence-corrected chi connectivity index (χ0v) is 16.6. The molecule has 0 radical (unpaired) electrons. The van der Waals surface area contributed by atoms with Crippen LogP contribution >= 0.6 is 0 Å². The molecule has 3 fully saturated rings. The number of carbonyl (C=O) groups is 3. The van der Waals surface area contributed by atoms with Crippen LogP contribution in [-0.2, 0) is 9.59 Å². The van der Waals surface area contributed by atoms with E-state index in [1.807, 2.05) is 32.0 Å². The van der Waals surface area contributed by atoms with Gasteiger partial charge in [-0.2, -0.15) is 0 Å². The maximum atomic E-state index is 13.2. The molecule has 0 aromatic heterocycles. The van der Waals surface area contributed by atoms with E-state index in [2.05, 4.69) is 5.32 Å². The first-order valence-electron chi connectivity index (χ1n) is 10.3. The monoisotopic (exact) mass is 388 g/mol. The summed E-state index contributed by atoms with van der Waals surface area (Å²) in [5.41, 5.74) is 3.57. The number of imide groups is 1. The number of hydrogen-bond donors (Lipinski definition) is 1. The largest absolute Gasteiger partial charge is 0.322 e. The number of rotatable bonds is 3. The molecular formula is C24H24N2O3. The number of benzene rings is 2. The average molecular weight is 388 g/mol. The lowest BCUT2D eigenvalue weighted by atomic mass is 9.81. The molecule has 1 N–H and O–H groups in total. The molecule has 1 saturated heterocycles. The minimum Gasteiger partial charge on any atom is -0.322 e. The predicted molar refractivity (Wildman–Crippen MR) is 111 cm³/mol. The van der Waals surface area contributed by atoms with Gasteiger partial charge in [0, 0.05) is 5.69 Å². The minimum atomic E-state index is -0.314. The van der Waals surface area contributed by atoms with Crippen LogP contribution in [0.15, 0.2) is 42.5 Å². The summed E-state index contributed by atoms with van der Waals surface area (Å²) in [4.78, 5) is 40.7. The fourth-order valence-corrected chi connectivity index (χ4v) is 5.75. The number of nitrogens with zero attached hydrogens (tertiary/aromatic N) is 1. The van der Waals surface area contributed by atoms with E-state index in [0.717, 1.165) is 30.4 Å². The normalized spacial score (nSPS) is 27.4. The maximum Gasteiger partial charge on any atom is 0.257 e. The quantitative estimate of drug-likeness (QED) is 0.806. The van der Waals surface area contributed by atoms with Crippen molar-refractivity contribution in [2.45, 2.75) is 33.1 Å². The molecule has 1 aliphatic heterocycles. The first kappa shape index (κ1) is 18.1. The van der Waals surface area contributed by atoms with E-state index < -0.39 is 0 Å². The molecule has 2 aliphatic carbocycles. The number of amides is 3. The number of nitrogens with one attached hydrogen (secondary N) is 1. The molecule has 2 aromatic rings. The number of carbonyl (C=O) groups excluding carboxylic acids is 3. The zero-order valence-electron chi connectivity index (χ0n) is 16.6. The smallest absolute Gasteiger partial charge is 0.257 e. The summed E-state index contributed by atoms with van der Waals surface area (Å²) in [6.07, 6.45) is 3.07. The Bertz CT molecular complexity index is 996. The van der Waals surface area contributed by atoms with Crippen molar-refractivity contribution in [3.05, 3.63) is 59.2 Å². The van der Waals surface area contributed by atoms with Crippen LogP contribution < -0.4 is 10.2 Å². The van der Waals surface area contributed by atoms with Crippen LogP contribution in [0, 0.1) is 37.5 Å². The Morgan fingerprint density at radius 3 is 2.14 bits per heavy atom. The fraction of sp³-hybridized carbons (Fsp3) is 0.375. The van der Waals surface area contributed by atoms with E-state index in [-0.39, 0.29) is 29.6 Å². The van der Waals surface area contributed by atoms with Gasteiger partial charge in [-0.05, 0) is 80.3 Å². The summed E-state index contributed by atoms with van der Waals surface area (Å²) >= 11 is 0. The van der Waals surface area contributed by atoms with Gasteiger partial charge in [0.25, 0.3) is 5.91 Å². The van der Waals surface area contributed by atoms with Gasteiger partial charge in [0.1, 0.15) is 0 Å². The van der Waals surface area contributed by atoms with E-state index in [4.69, 9.17) is 0 Å². The molecular weight excluding hydrogens is 364 g/mol. The molecule has 1 heterocycles. The number of hydrogen-bond acceptors (Lipinski definition) is 3. The van der Waals surface area contributed by atoms with E-state index in [1.54, 1.807) is 24.3 Å². The van der Waals surface area contributed by atoms with Crippen molar-refractivity contribution in [3.8, 4) is 0 Å². The molecule has 5 heteroatoms. The van der Waals surface area contributed by atoms with Crippen molar-refractivity contribution >= 4 is 29.1 Å². The highest BCUT2D eigenvalue weighted by Crippen LogP contribution is 2.56. The molecule has 5 rings (SSSR count). The Balaban J connectivity index is 1.48. The van der Waals surface area contributed by atoms with E-state index >= 15 is 0 Å². The standard InChI is InChI=1S/C24H24N2O3/c1-13-9-14(2)11-17(10-13)25-22(27)18-5-3-4-6-19(18)26-23(28)20-15-7-8-16(12-15)21(20)24(26)29/h3-6,9-11,15-16,20-21H,7-8,12H2,1-2H3,(H,25,27)/t15-,16-,20-,21+/m0/s1. The van der Waals surface area contributed by atoms with Crippen molar-refractivity contribution < 1.29 is 14.4 Å². The Kier molecular flexibility index (Phi) is 4.09. The van der Waals surface area contributed by atoms with Gasteiger partial charge < -0.3 is 5.32 Å². The third-order valence-corrected chi connectivity index (χ3v) is 6.80. The Morgan fingerprint density at radius 1 is 0.931 bits per heavy atom. The fourth-order valence-electron chi connectivity index (χ4n) is 5.75. The second-order valence-electron chi connectivity index (χ2n) is 8.74. The Labute approximate surface area is 170 Å². The minimum absolute atomic E-state index is 0.126. The summed E-state index contributed by atoms with van der Waals surface area (Å²) in [6, 6.07) is 12.8. The predicted octanol–water partition coefficient (Wildman–Crippen LogP) is 4.09. The lowest BCUT2D eigenvalue weighted by molar-refractivity contribution is -0.123. The first-order valence-corrected chi connectivity index (χ1v) is 10.3. The third kappa shape index (κ3) is 2.79. The molecule has 3 aliphatic rings. The first-order chi connectivity index (χ1) is 13.9. The van der Waals surface area contributed by atoms with E-state index in [9.17, 15) is 14.4 Å². The second kappa shape index (κ2) is 6.55. The van der Waals surface area contributed by atoms with Gasteiger partial charge in [0.2, 0.25) is 11.8 Å². The number of aryl methyl sites for hydroxylation is 2. The van der Waals surface area contributed by atoms with Gasteiger partial charge in [0.05, 0.1) is 23.1 Å². The van der Waals surface area contributed by atoms with E-state index in [0.29, 0.717) is 28.8 Å². The van der Waals surface area contributed by atoms with Crippen LogP contribution in [0.3, 0.4) is 0 Å². The van der Waals surface area contributed by atoms with E-state index in [1.165, 1.54) is 4.90 Å². The van der Waals surface area contributed by atoms with Crippen LogP contribution in [-0.4, -0.2) is 17.7 Å². The molecule has 4 atom stereocenters. The number of fused-ring (bicyclic) bond motifs is 5. The van der Waals surface area contributed by atoms with Gasteiger partial charge in [-0.15, -0.1) is 0 Å². The summed E-state index contributed by atoms with van der Waals surface area (Å²) in [7, 11) is 0. The summed E-state index contributed by atoms with van der Waals surface area (Å²) in [5.74, 6) is -0.317. The lowest BCUT2D eigenvalue weighted by Gasteiger charge is -2.20. The van der Waals surface area contributed by atoms with Crippen molar-refractivity contribution in [2.75, 3.05) is 10.2 Å². The third-order valence-electron chi connectivity index (χ3n) is 6.80. The summed E-state index contributed by atoms with van der Waals surface area (Å²) < 4.78 is 0. The molecule has 148 valence electrons. The Morgan fingerprint density at radius 2 is 1.52 bits per heavy atom. The maximum absolute atomic E-state index is 13.2. The number of anilines is 2. The molecule has 2 saturated carbocycles. The Hall–Kier alpha value is -2.95. The van der Waals surface area contributed by atoms with Crippen LogP contribution in [0.5, 0.6) is 0 Å². The highest BCUT2D eigenvalue weighted by molar-refractivity contribution is 6.25. The average Bonchev–Trinajstić information content (AvgIpc) is 3.35. The van der Waals surface area contributed by atoms with Crippen LogP contribution in [0.4, 0.5) is 11.4 Å². The van der Waals surface area contributed by atoms with Crippen molar-refractivity contribution in [2.24, 2.45) is 23.7 Å². The molecule has 3 amide bonds. The molecule has 2 bridgehead atoms. The SMILES string of the molecule is Cc1cc(C)cc(NC(=O)c2ccccc2N2C(=O)[C@@H]3[C@H]4CC[C@@H](C4)[C@@H]3C2=O)c1. The summed E-state index contributed by atoms with van der Waals surface area (Å²) in [5, 5.41) is 2.93. The van der Waals surface area contributed by atoms with Gasteiger partial charge in [-0.1, -0.05) is 18.2 Å². The lowest BCUT2D eigenvalue weighted by Crippen LogP contribution is -2.34. The van der Waals surface area contributed by atoms with Crippen LogP contribution in [0.1, 0.15) is 40.7 Å². The van der Waals surface area contributed by atoms with Gasteiger partial charge in [-0.25, -0.2) is 4.90 Å². The highest BCUT2D eigenvalue weighted by Gasteiger charge is 2.61. The zero-order chi connectivity index (χ0) is 20.3. The summed E-state index contributed by atoms with van der Waals surface area (Å²) in [6.45, 7) is 3.95. The van der Waals surface area contributed by atoms with Crippen LogP contribution in [0.25, 0.3) is 0 Å². The number of para-hydroxylation sites is 1. The molecule has 5 nitrogen and oxygen atoms in total. The van der Waals surface area contributed by atoms with Gasteiger partial charge >= 0.3 is 0 Å². The molecule has 0 spiro atoms. The molecule has 2 aromatic carbocycles. The van der Waals surface area contributed by atoms with Gasteiger partial charge in [-0.3, -0.25) is 14.4 Å². The van der Waals surface area contributed by atoms with Crippen molar-refractivity contribution in [3.63, 3.8) is 0 Å². The molecule has 29 heavy (non-hydrogen) atoms. The van der Waals surface area contributed by atoms with Crippen molar-refractivity contribution in [1.29, 1.82) is 0 Å². The molecule has 0 unspecified atom stereocenters. The highest BCUT2D eigenvalue weighted by atomic mass is 16.2. The topological polar surface area (TPSA) is 66.5 Å².